The van der Waals surface area contributed by atoms with E-state index < -0.39 is 80.0 Å². The number of H-pyrrole nitrogens is 1. The molecule has 1 spiro atoms. The maximum atomic E-state index is 13.4. The molecule has 1 aromatic carbocycles. The quantitative estimate of drug-likeness (QED) is 0.0465. The number of amides is 4. The van der Waals surface area contributed by atoms with Crippen LogP contribution >= 0.6 is 11.3 Å². The number of aliphatic carboxylic acids is 1. The number of nitrogens with two attached hydrogens (primary N) is 1. The number of β-lactam (4-membered cyclic amide) rings is 1. The van der Waals surface area contributed by atoms with Gasteiger partial charge in [0.2, 0.25) is 11.0 Å². The van der Waals surface area contributed by atoms with Crippen molar-refractivity contribution in [2.45, 2.75) is 50.0 Å². The molecule has 3 aromatic rings. The molecular formula is C28H28N8O12S2. The van der Waals surface area contributed by atoms with Gasteiger partial charge in [-0.2, -0.15) is 8.42 Å². The fourth-order valence-electron chi connectivity index (χ4n) is 4.98. The first-order valence-corrected chi connectivity index (χ1v) is 16.6. The lowest BCUT2D eigenvalue weighted by atomic mass is 9.94. The molecule has 3 heterocycles. The van der Waals surface area contributed by atoms with Crippen molar-refractivity contribution in [3.8, 4) is 5.75 Å². The Kier molecular flexibility index (Phi) is 9.12. The molecule has 5 rings (SSSR count). The lowest BCUT2D eigenvalue weighted by Crippen LogP contribution is -2.76. The van der Waals surface area contributed by atoms with Gasteiger partial charge >= 0.3 is 16.3 Å². The van der Waals surface area contributed by atoms with Crippen LogP contribution < -0.4 is 27.1 Å². The van der Waals surface area contributed by atoms with E-state index >= 15 is 0 Å². The van der Waals surface area contributed by atoms with Crippen LogP contribution in [0.25, 0.3) is 0 Å². The summed E-state index contributed by atoms with van der Waals surface area (Å²) in [6.45, 7) is 2.31. The first-order chi connectivity index (χ1) is 23.3. The highest BCUT2D eigenvalue weighted by molar-refractivity contribution is 7.84. The van der Waals surface area contributed by atoms with E-state index in [-0.39, 0.29) is 39.4 Å². The monoisotopic (exact) mass is 732 g/mol. The van der Waals surface area contributed by atoms with Gasteiger partial charge in [0.25, 0.3) is 23.6 Å². The van der Waals surface area contributed by atoms with E-state index in [0.29, 0.717) is 5.56 Å². The third kappa shape index (κ3) is 6.83. The van der Waals surface area contributed by atoms with E-state index in [9.17, 15) is 52.0 Å². The number of carboxylic acids is 1. The highest BCUT2D eigenvalue weighted by atomic mass is 32.2. The largest absolute Gasteiger partial charge is 0.503 e. The number of rotatable bonds is 12. The Morgan fingerprint density at radius 2 is 1.86 bits per heavy atom. The summed E-state index contributed by atoms with van der Waals surface area (Å²) >= 11 is 0.916. The zero-order valence-corrected chi connectivity index (χ0v) is 27.5. The highest BCUT2D eigenvalue weighted by Crippen LogP contribution is 2.53. The lowest BCUT2D eigenvalue weighted by molar-refractivity contribution is -0.161. The highest BCUT2D eigenvalue weighted by Gasteiger charge is 2.78. The minimum Gasteiger partial charge on any atom is -0.503 e. The Morgan fingerprint density at radius 3 is 2.44 bits per heavy atom. The molecule has 50 heavy (non-hydrogen) atoms. The van der Waals surface area contributed by atoms with Gasteiger partial charge in [-0.25, -0.2) is 14.1 Å². The predicted octanol–water partition coefficient (Wildman–Crippen LogP) is -1.30. The minimum absolute atomic E-state index is 0.000184. The number of carbonyl (C=O) groups excluding carboxylic acids is 4. The van der Waals surface area contributed by atoms with Crippen molar-refractivity contribution in [1.29, 1.82) is 0 Å². The normalized spacial score (nSPS) is 20.1. The molecule has 4 amide bonds. The minimum atomic E-state index is -5.15. The van der Waals surface area contributed by atoms with Gasteiger partial charge in [-0.3, -0.25) is 28.5 Å². The van der Waals surface area contributed by atoms with E-state index in [1.165, 1.54) is 29.6 Å². The van der Waals surface area contributed by atoms with Crippen LogP contribution in [0.1, 0.15) is 52.4 Å². The lowest BCUT2D eigenvalue weighted by Gasteiger charge is -2.45. The number of carboxylic acid groups (broad SMARTS) is 1. The van der Waals surface area contributed by atoms with Gasteiger partial charge in [0, 0.05) is 29.8 Å². The zero-order chi connectivity index (χ0) is 36.8. The molecule has 1 aliphatic heterocycles. The topological polar surface area (TPSA) is 313 Å². The van der Waals surface area contributed by atoms with E-state index in [1.54, 1.807) is 0 Å². The van der Waals surface area contributed by atoms with Crippen molar-refractivity contribution in [3.05, 3.63) is 74.6 Å². The Hall–Kier alpha value is -5.87. The maximum absolute atomic E-state index is 13.4. The van der Waals surface area contributed by atoms with Crippen LogP contribution in [0.4, 0.5) is 5.13 Å². The van der Waals surface area contributed by atoms with Crippen LogP contribution in [0.2, 0.25) is 0 Å². The number of thiazole rings is 1. The van der Waals surface area contributed by atoms with Crippen LogP contribution in [0.15, 0.2) is 51.9 Å². The van der Waals surface area contributed by atoms with Crippen LogP contribution in [0, 0.1) is 0 Å². The van der Waals surface area contributed by atoms with Crippen LogP contribution in [0.5, 0.6) is 5.75 Å². The Morgan fingerprint density at radius 1 is 1.18 bits per heavy atom. The number of benzene rings is 1. The summed E-state index contributed by atoms with van der Waals surface area (Å²) in [6.07, 6.45) is 0.780. The van der Waals surface area contributed by atoms with Gasteiger partial charge in [-0.05, 0) is 38.0 Å². The molecule has 1 saturated heterocycles. The van der Waals surface area contributed by atoms with E-state index in [4.69, 9.17) is 10.6 Å². The van der Waals surface area contributed by atoms with Crippen LogP contribution in [0.3, 0.4) is 0 Å². The first kappa shape index (κ1) is 35.4. The second-order valence-electron chi connectivity index (χ2n) is 11.6. The molecule has 1 saturated carbocycles. The molecule has 2 aliphatic rings. The van der Waals surface area contributed by atoms with Crippen LogP contribution in [-0.4, -0.2) is 96.0 Å². The number of aromatic amines is 1. The number of anilines is 1. The number of nitrogen functional groups attached to an aromatic ring is 1. The summed E-state index contributed by atoms with van der Waals surface area (Å²) < 4.78 is 34.3. The zero-order valence-electron chi connectivity index (χ0n) is 25.9. The summed E-state index contributed by atoms with van der Waals surface area (Å²) in [7, 11) is -5.15. The van der Waals surface area contributed by atoms with Crippen molar-refractivity contribution >= 4 is 62.1 Å². The van der Waals surface area contributed by atoms with Gasteiger partial charge in [0.1, 0.15) is 23.0 Å². The summed E-state index contributed by atoms with van der Waals surface area (Å²) in [5, 5.41) is 31.1. The molecule has 0 bridgehead atoms. The molecule has 1 aliphatic carbocycles. The molecule has 2 fully saturated rings. The third-order valence-corrected chi connectivity index (χ3v) is 9.43. The number of carbonyl (C=O) groups is 5. The van der Waals surface area contributed by atoms with E-state index in [1.807, 2.05) is 0 Å². The maximum Gasteiger partial charge on any atom is 0.362 e. The van der Waals surface area contributed by atoms with Crippen molar-refractivity contribution in [2.24, 2.45) is 5.16 Å². The van der Waals surface area contributed by atoms with Gasteiger partial charge in [-0.15, -0.1) is 11.3 Å². The van der Waals surface area contributed by atoms with E-state index in [2.05, 4.69) is 31.1 Å². The average molecular weight is 733 g/mol. The van der Waals surface area contributed by atoms with Gasteiger partial charge in [-0.1, -0.05) is 17.3 Å². The molecule has 2 aromatic heterocycles. The Balaban J connectivity index is 1.28. The fourth-order valence-corrected chi connectivity index (χ4v) is 6.59. The molecule has 9 N–H and O–H groups in total. The number of aromatic nitrogens is 2. The number of hydrogen-bond donors (Lipinski definition) is 8. The molecule has 1 unspecified atom stereocenters. The molecule has 20 nitrogen and oxygen atoms in total. The number of pyridine rings is 1. The van der Waals surface area contributed by atoms with E-state index in [0.717, 1.165) is 37.4 Å². The number of nitrogens with zero attached hydrogens (tertiary/aromatic N) is 3. The van der Waals surface area contributed by atoms with Gasteiger partial charge < -0.3 is 41.7 Å². The summed E-state index contributed by atoms with van der Waals surface area (Å²) in [4.78, 5) is 86.3. The second kappa shape index (κ2) is 12.9. The van der Waals surface area contributed by atoms with Crippen molar-refractivity contribution in [1.82, 2.24) is 30.2 Å². The SMILES string of the molecule is CC(C)(O/N=C(\C(=O)N[C@@H]1C(=O)N(S(=O)(=O)O)C12C[C@H]2NC(=O)c1ccc(CNC(=O)c2cc(=O)c(O)c[nH]2)cc1)c1csc(N)n1)C(=O)O. The molecule has 264 valence electrons. The predicted molar refractivity (Wildman–Crippen MR) is 171 cm³/mol. The number of oxime groups is 1. The van der Waals surface area contributed by atoms with Crippen molar-refractivity contribution < 1.29 is 52.0 Å². The summed E-state index contributed by atoms with van der Waals surface area (Å²) in [5.74, 6) is -5.64. The number of nitrogens with one attached hydrogen (secondary N) is 4. The molecular weight excluding hydrogens is 704 g/mol. The first-order valence-electron chi connectivity index (χ1n) is 14.3. The van der Waals surface area contributed by atoms with Gasteiger partial charge in [0.15, 0.2) is 16.6 Å². The average Bonchev–Trinajstić information content (AvgIpc) is 3.60. The van der Waals surface area contributed by atoms with Crippen molar-refractivity contribution in [2.75, 3.05) is 5.73 Å². The Bertz CT molecular complexity index is 2110. The van der Waals surface area contributed by atoms with Gasteiger partial charge in [0.05, 0.1) is 6.04 Å². The molecule has 0 radical (unpaired) electrons. The Labute approximate surface area is 285 Å². The number of aromatic hydroxyl groups is 1. The molecule has 3 atom stereocenters. The molecule has 22 heteroatoms. The fraction of sp³-hybridized carbons (Fsp3) is 0.286. The standard InChI is InChI=1S/C28H28N8O12S2/c1-27(2,25(43)44)48-35-19(15-11-49-26(29)32-15)23(41)34-20-24(42)36(50(45,46)47)28(20)8-18(28)33-21(39)13-5-3-12(4-6-13)9-31-22(40)14-7-16(37)17(38)10-30-14/h3-7,10-11,18,20,38H,8-9H2,1-2H3,(H2,29,32)(H,30,37)(H,31,40)(H,33,39)(H,34,41)(H,43,44)(H,45,46,47)/b35-19-/t18-,20-,28?/m1/s1. The van der Waals surface area contributed by atoms with Crippen LogP contribution in [-0.2, 0) is 36.1 Å². The summed E-state index contributed by atoms with van der Waals surface area (Å²) in [5.41, 5.74) is 1.08. The smallest absolute Gasteiger partial charge is 0.362 e. The summed E-state index contributed by atoms with van der Waals surface area (Å²) in [6, 6.07) is 4.10. The third-order valence-electron chi connectivity index (χ3n) is 7.78. The second-order valence-corrected chi connectivity index (χ2v) is 13.8. The number of hydrogen-bond acceptors (Lipinski definition) is 14. The van der Waals surface area contributed by atoms with Crippen molar-refractivity contribution in [3.63, 3.8) is 0 Å².